The van der Waals surface area contributed by atoms with E-state index in [1.807, 2.05) is 18.2 Å². The molecule has 1 unspecified atom stereocenters. The Morgan fingerprint density at radius 1 is 1.04 bits per heavy atom. The third-order valence-electron chi connectivity index (χ3n) is 5.47. The van der Waals surface area contributed by atoms with E-state index in [2.05, 4.69) is 22.2 Å². The highest BCUT2D eigenvalue weighted by Crippen LogP contribution is 2.38. The number of carbonyl (C=O) groups excluding carboxylic acids is 2. The van der Waals surface area contributed by atoms with Crippen LogP contribution in [0.1, 0.15) is 42.5 Å². The summed E-state index contributed by atoms with van der Waals surface area (Å²) >= 11 is 0. The molecule has 2 fully saturated rings. The molecular formula is C19H27N3O2. The van der Waals surface area contributed by atoms with E-state index in [-0.39, 0.29) is 23.9 Å². The van der Waals surface area contributed by atoms with E-state index in [0.29, 0.717) is 5.56 Å². The maximum atomic E-state index is 12.7. The van der Waals surface area contributed by atoms with E-state index < -0.39 is 0 Å². The fraction of sp³-hybridized carbons (Fsp3) is 0.579. The van der Waals surface area contributed by atoms with Gasteiger partial charge >= 0.3 is 0 Å². The van der Waals surface area contributed by atoms with Crippen molar-refractivity contribution in [1.82, 2.24) is 15.1 Å². The Bertz CT molecular complexity index is 590. The summed E-state index contributed by atoms with van der Waals surface area (Å²) in [6, 6.07) is 9.05. The highest BCUT2D eigenvalue weighted by atomic mass is 16.2. The topological polar surface area (TPSA) is 52.6 Å². The summed E-state index contributed by atoms with van der Waals surface area (Å²) in [4.78, 5) is 29.3. The van der Waals surface area contributed by atoms with E-state index >= 15 is 0 Å². The molecule has 1 aromatic carbocycles. The number of likely N-dealkylation sites (tertiary alicyclic amines) is 2. The van der Waals surface area contributed by atoms with Crippen LogP contribution in [0.5, 0.6) is 0 Å². The molecule has 5 heteroatoms. The molecule has 1 spiro atoms. The normalized spacial score (nSPS) is 24.8. The van der Waals surface area contributed by atoms with Crippen LogP contribution in [0.15, 0.2) is 30.3 Å². The molecule has 0 saturated carbocycles. The van der Waals surface area contributed by atoms with E-state index in [1.165, 1.54) is 0 Å². The first-order chi connectivity index (χ1) is 11.6. The average Bonchev–Trinajstić information content (AvgIpc) is 2.92. The lowest BCUT2D eigenvalue weighted by atomic mass is 9.87. The first kappa shape index (κ1) is 17.0. The smallest absolute Gasteiger partial charge is 0.251 e. The number of benzene rings is 1. The highest BCUT2D eigenvalue weighted by Gasteiger charge is 2.43. The molecule has 0 aliphatic carbocycles. The van der Waals surface area contributed by atoms with E-state index in [1.54, 1.807) is 12.1 Å². The van der Waals surface area contributed by atoms with E-state index in [4.69, 9.17) is 0 Å². The maximum absolute atomic E-state index is 12.7. The van der Waals surface area contributed by atoms with Crippen molar-refractivity contribution in [2.75, 3.05) is 33.2 Å². The Kier molecular flexibility index (Phi) is 5.19. The second-order valence-electron chi connectivity index (χ2n) is 7.08. The minimum Gasteiger partial charge on any atom is -0.343 e. The van der Waals surface area contributed by atoms with Crippen molar-refractivity contribution in [2.24, 2.45) is 0 Å². The lowest BCUT2D eigenvalue weighted by Crippen LogP contribution is -2.51. The Hall–Kier alpha value is -1.88. The average molecular weight is 329 g/mol. The quantitative estimate of drug-likeness (QED) is 0.921. The molecular weight excluding hydrogens is 302 g/mol. The molecule has 2 amide bonds. The molecule has 3 rings (SSSR count). The molecule has 2 aliphatic heterocycles. The molecule has 1 atom stereocenters. The summed E-state index contributed by atoms with van der Waals surface area (Å²) in [5.41, 5.74) is 0.608. The number of nitrogens with one attached hydrogen (secondary N) is 1. The predicted molar refractivity (Wildman–Crippen MR) is 93.8 cm³/mol. The molecule has 130 valence electrons. The number of rotatable bonds is 3. The molecule has 5 nitrogen and oxygen atoms in total. The second-order valence-corrected chi connectivity index (χ2v) is 7.08. The van der Waals surface area contributed by atoms with Gasteiger partial charge in [-0.25, -0.2) is 0 Å². The Labute approximate surface area is 144 Å². The van der Waals surface area contributed by atoms with E-state index in [0.717, 1.165) is 51.7 Å². The van der Waals surface area contributed by atoms with Crippen LogP contribution in [-0.4, -0.2) is 60.4 Å². The van der Waals surface area contributed by atoms with Crippen molar-refractivity contribution in [1.29, 1.82) is 0 Å². The Morgan fingerprint density at radius 2 is 1.75 bits per heavy atom. The lowest BCUT2D eigenvalue weighted by molar-refractivity contribution is -0.134. The van der Waals surface area contributed by atoms with Crippen molar-refractivity contribution < 1.29 is 9.59 Å². The van der Waals surface area contributed by atoms with Crippen molar-refractivity contribution >= 4 is 11.8 Å². The summed E-state index contributed by atoms with van der Waals surface area (Å²) in [7, 11) is 2.15. The zero-order valence-electron chi connectivity index (χ0n) is 14.5. The van der Waals surface area contributed by atoms with Gasteiger partial charge in [0.05, 0.1) is 6.54 Å². The van der Waals surface area contributed by atoms with Crippen molar-refractivity contribution in [3.8, 4) is 0 Å². The SMILES string of the molecule is CN1CCCC2(CCCN2C(=O)CNC(=O)c2ccccc2)CC1. The second kappa shape index (κ2) is 7.34. The highest BCUT2D eigenvalue weighted by molar-refractivity contribution is 5.96. The van der Waals surface area contributed by atoms with Crippen LogP contribution in [-0.2, 0) is 4.79 Å². The number of carbonyl (C=O) groups is 2. The van der Waals surface area contributed by atoms with Gasteiger partial charge in [-0.15, -0.1) is 0 Å². The van der Waals surface area contributed by atoms with Crippen LogP contribution in [0.4, 0.5) is 0 Å². The van der Waals surface area contributed by atoms with Crippen LogP contribution in [0.3, 0.4) is 0 Å². The third-order valence-corrected chi connectivity index (χ3v) is 5.47. The Morgan fingerprint density at radius 3 is 2.50 bits per heavy atom. The van der Waals surface area contributed by atoms with Crippen molar-refractivity contribution in [3.05, 3.63) is 35.9 Å². The van der Waals surface area contributed by atoms with Gasteiger partial charge in [0.2, 0.25) is 5.91 Å². The standard InChI is InChI=1S/C19H27N3O2/c1-21-12-5-9-19(11-14-21)10-6-13-22(19)17(23)15-20-18(24)16-7-3-2-4-8-16/h2-4,7-8H,5-6,9-15H2,1H3,(H,20,24). The molecule has 0 radical (unpaired) electrons. The molecule has 2 saturated heterocycles. The molecule has 24 heavy (non-hydrogen) atoms. The summed E-state index contributed by atoms with van der Waals surface area (Å²) in [5, 5.41) is 2.78. The molecule has 0 aromatic heterocycles. The Balaban J connectivity index is 1.60. The van der Waals surface area contributed by atoms with Gasteiger partial charge in [-0.1, -0.05) is 18.2 Å². The number of hydrogen-bond acceptors (Lipinski definition) is 3. The fourth-order valence-electron chi connectivity index (χ4n) is 4.10. The van der Waals surface area contributed by atoms with Gasteiger partial charge in [0.1, 0.15) is 0 Å². The van der Waals surface area contributed by atoms with Gasteiger partial charge < -0.3 is 15.1 Å². The molecule has 2 heterocycles. The zero-order chi connectivity index (χ0) is 17.0. The van der Waals surface area contributed by atoms with Gasteiger partial charge in [-0.05, 0) is 57.8 Å². The molecule has 0 bridgehead atoms. The van der Waals surface area contributed by atoms with Crippen LogP contribution in [0, 0.1) is 0 Å². The van der Waals surface area contributed by atoms with Crippen molar-refractivity contribution in [3.63, 3.8) is 0 Å². The summed E-state index contributed by atoms with van der Waals surface area (Å²) in [5.74, 6) is -0.126. The molecule has 1 aromatic rings. The fourth-order valence-corrected chi connectivity index (χ4v) is 4.10. The first-order valence-corrected chi connectivity index (χ1v) is 8.93. The summed E-state index contributed by atoms with van der Waals surface area (Å²) in [6.07, 6.45) is 5.43. The molecule has 2 aliphatic rings. The molecule has 1 N–H and O–H groups in total. The van der Waals surface area contributed by atoms with Gasteiger partial charge in [-0.3, -0.25) is 9.59 Å². The predicted octanol–water partition coefficient (Wildman–Crippen LogP) is 1.89. The summed E-state index contributed by atoms with van der Waals surface area (Å²) < 4.78 is 0. The van der Waals surface area contributed by atoms with Crippen molar-refractivity contribution in [2.45, 2.75) is 37.6 Å². The number of hydrogen-bond donors (Lipinski definition) is 1. The monoisotopic (exact) mass is 329 g/mol. The van der Waals surface area contributed by atoms with Gasteiger partial charge in [0.15, 0.2) is 0 Å². The minimum atomic E-state index is -0.183. The minimum absolute atomic E-state index is 0.0132. The van der Waals surface area contributed by atoms with E-state index in [9.17, 15) is 9.59 Å². The lowest BCUT2D eigenvalue weighted by Gasteiger charge is -2.38. The van der Waals surface area contributed by atoms with Crippen LogP contribution in [0.25, 0.3) is 0 Å². The number of nitrogens with zero attached hydrogens (tertiary/aromatic N) is 2. The van der Waals surface area contributed by atoms with Crippen LogP contribution >= 0.6 is 0 Å². The largest absolute Gasteiger partial charge is 0.343 e. The summed E-state index contributed by atoms with van der Waals surface area (Å²) in [6.45, 7) is 3.06. The van der Waals surface area contributed by atoms with Crippen LogP contribution in [0.2, 0.25) is 0 Å². The van der Waals surface area contributed by atoms with Gasteiger partial charge in [0, 0.05) is 24.2 Å². The number of amides is 2. The first-order valence-electron chi connectivity index (χ1n) is 8.93. The third kappa shape index (κ3) is 3.61. The van der Waals surface area contributed by atoms with Crippen LogP contribution < -0.4 is 5.32 Å². The zero-order valence-corrected chi connectivity index (χ0v) is 14.5. The van der Waals surface area contributed by atoms with Gasteiger partial charge in [0.25, 0.3) is 5.91 Å². The maximum Gasteiger partial charge on any atom is 0.251 e. The van der Waals surface area contributed by atoms with Gasteiger partial charge in [-0.2, -0.15) is 0 Å².